The van der Waals surface area contributed by atoms with E-state index in [2.05, 4.69) is 25.8 Å². The number of nitrogens with zero attached hydrogens (tertiary/aromatic N) is 4. The number of aromatic nitrogens is 4. The summed E-state index contributed by atoms with van der Waals surface area (Å²) in [7, 11) is 0. The number of thiazole rings is 1. The summed E-state index contributed by atoms with van der Waals surface area (Å²) < 4.78 is 12.5. The number of ether oxygens (including phenoxy) is 2. The zero-order chi connectivity index (χ0) is 21.8. The van der Waals surface area contributed by atoms with Crippen molar-refractivity contribution in [3.05, 3.63) is 41.2 Å². The summed E-state index contributed by atoms with van der Waals surface area (Å²) in [6, 6.07) is 5.03. The Kier molecular flexibility index (Phi) is 6.37. The molecule has 0 bridgehead atoms. The number of hydrogen-bond donors (Lipinski definition) is 2. The van der Waals surface area contributed by atoms with Gasteiger partial charge in [-0.25, -0.2) is 4.98 Å². The Bertz CT molecular complexity index is 1090. The van der Waals surface area contributed by atoms with Crippen LogP contribution in [0.3, 0.4) is 0 Å². The van der Waals surface area contributed by atoms with Crippen LogP contribution in [0.25, 0.3) is 0 Å². The van der Waals surface area contributed by atoms with Crippen molar-refractivity contribution in [1.29, 1.82) is 0 Å². The quantitative estimate of drug-likeness (QED) is 0.492. The minimum absolute atomic E-state index is 0.154. The summed E-state index contributed by atoms with van der Waals surface area (Å²) >= 11 is 2.66. The molecule has 3 heterocycles. The summed E-state index contributed by atoms with van der Waals surface area (Å²) in [5.41, 5.74) is 0.467. The van der Waals surface area contributed by atoms with Crippen LogP contribution in [-0.2, 0) is 17.9 Å². The molecule has 2 aromatic heterocycles. The SMILES string of the molecule is CCn1c(CNC(=O)c2ccc3c(c2)OCO3)nnc1SC(C)C(=O)Nc1nccs1. The summed E-state index contributed by atoms with van der Waals surface area (Å²) in [6.07, 6.45) is 1.63. The van der Waals surface area contributed by atoms with Gasteiger partial charge in [-0.05, 0) is 32.0 Å². The van der Waals surface area contributed by atoms with Crippen LogP contribution in [0.1, 0.15) is 30.0 Å². The molecule has 0 spiro atoms. The van der Waals surface area contributed by atoms with Gasteiger partial charge >= 0.3 is 0 Å². The van der Waals surface area contributed by atoms with E-state index < -0.39 is 5.25 Å². The molecule has 3 aromatic rings. The lowest BCUT2D eigenvalue weighted by Gasteiger charge is -2.12. The number of benzene rings is 1. The fourth-order valence-electron chi connectivity index (χ4n) is 2.86. The number of carbonyl (C=O) groups excluding carboxylic acids is 2. The Morgan fingerprint density at radius 1 is 1.29 bits per heavy atom. The van der Waals surface area contributed by atoms with Crippen molar-refractivity contribution in [3.63, 3.8) is 0 Å². The number of rotatable bonds is 8. The van der Waals surface area contributed by atoms with Crippen LogP contribution >= 0.6 is 23.1 Å². The first-order valence-corrected chi connectivity index (χ1v) is 11.3. The van der Waals surface area contributed by atoms with E-state index in [1.807, 2.05) is 11.5 Å². The Morgan fingerprint density at radius 3 is 2.90 bits per heavy atom. The maximum absolute atomic E-state index is 12.5. The highest BCUT2D eigenvalue weighted by atomic mass is 32.2. The molecule has 4 rings (SSSR count). The molecule has 162 valence electrons. The van der Waals surface area contributed by atoms with Crippen LogP contribution < -0.4 is 20.1 Å². The van der Waals surface area contributed by atoms with Gasteiger partial charge in [-0.3, -0.25) is 9.59 Å². The minimum Gasteiger partial charge on any atom is -0.454 e. The summed E-state index contributed by atoms with van der Waals surface area (Å²) in [5, 5.41) is 16.6. The third-order valence-corrected chi connectivity index (χ3v) is 6.23. The van der Waals surface area contributed by atoms with Gasteiger partial charge < -0.3 is 24.7 Å². The van der Waals surface area contributed by atoms with Crippen molar-refractivity contribution in [1.82, 2.24) is 25.1 Å². The third kappa shape index (κ3) is 4.80. The second kappa shape index (κ2) is 9.35. The molecule has 1 aliphatic rings. The summed E-state index contributed by atoms with van der Waals surface area (Å²) in [5.74, 6) is 1.36. The Hall–Kier alpha value is -3.12. The zero-order valence-corrected chi connectivity index (χ0v) is 18.5. The highest BCUT2D eigenvalue weighted by Gasteiger charge is 2.21. The van der Waals surface area contributed by atoms with E-state index in [1.165, 1.54) is 23.1 Å². The molecule has 0 saturated carbocycles. The highest BCUT2D eigenvalue weighted by Crippen LogP contribution is 2.32. The first-order valence-electron chi connectivity index (χ1n) is 9.52. The van der Waals surface area contributed by atoms with Gasteiger partial charge in [-0.2, -0.15) is 0 Å². The molecule has 1 unspecified atom stereocenters. The fourth-order valence-corrected chi connectivity index (χ4v) is 4.32. The monoisotopic (exact) mass is 460 g/mol. The molecule has 0 fully saturated rings. The van der Waals surface area contributed by atoms with Gasteiger partial charge in [-0.1, -0.05) is 11.8 Å². The van der Waals surface area contributed by atoms with Crippen LogP contribution in [0.5, 0.6) is 11.5 Å². The molecular formula is C19H20N6O4S2. The van der Waals surface area contributed by atoms with Gasteiger partial charge in [-0.15, -0.1) is 21.5 Å². The minimum atomic E-state index is -0.394. The number of thioether (sulfide) groups is 1. The highest BCUT2D eigenvalue weighted by molar-refractivity contribution is 8.00. The smallest absolute Gasteiger partial charge is 0.251 e. The Morgan fingerprint density at radius 2 is 2.13 bits per heavy atom. The standard InChI is InChI=1S/C19H20N6O4S2/c1-3-25-15(9-21-17(27)12-4-5-13-14(8-12)29-10-28-13)23-24-19(25)31-11(2)16(26)22-18-20-6-7-30-18/h4-8,11H,3,9-10H2,1-2H3,(H,21,27)(H,20,22,26). The van der Waals surface area contributed by atoms with Crippen molar-refractivity contribution < 1.29 is 19.1 Å². The average Bonchev–Trinajstić information content (AvgIpc) is 3.52. The number of anilines is 1. The Balaban J connectivity index is 1.37. The average molecular weight is 461 g/mol. The van der Waals surface area contributed by atoms with Crippen LogP contribution in [0.4, 0.5) is 5.13 Å². The van der Waals surface area contributed by atoms with Gasteiger partial charge in [0.15, 0.2) is 27.6 Å². The van der Waals surface area contributed by atoms with E-state index in [9.17, 15) is 9.59 Å². The lowest BCUT2D eigenvalue weighted by molar-refractivity contribution is -0.115. The molecule has 2 amide bonds. The number of nitrogens with one attached hydrogen (secondary N) is 2. The van der Waals surface area contributed by atoms with Crippen LogP contribution in [-0.4, -0.2) is 43.6 Å². The van der Waals surface area contributed by atoms with Crippen molar-refractivity contribution in [2.24, 2.45) is 0 Å². The first kappa shape index (κ1) is 21.1. The van der Waals surface area contributed by atoms with Crippen LogP contribution in [0, 0.1) is 0 Å². The lowest BCUT2D eigenvalue weighted by Crippen LogP contribution is -2.25. The lowest BCUT2D eigenvalue weighted by atomic mass is 10.2. The number of amides is 2. The van der Waals surface area contributed by atoms with E-state index >= 15 is 0 Å². The van der Waals surface area contributed by atoms with Crippen LogP contribution in [0.2, 0.25) is 0 Å². The summed E-state index contributed by atoms with van der Waals surface area (Å²) in [4.78, 5) is 28.9. The van der Waals surface area contributed by atoms with Gasteiger partial charge in [0.1, 0.15) is 0 Å². The number of fused-ring (bicyclic) bond motifs is 1. The first-order chi connectivity index (χ1) is 15.0. The predicted octanol–water partition coefficient (Wildman–Crippen LogP) is 2.53. The third-order valence-electron chi connectivity index (χ3n) is 4.47. The van der Waals surface area contributed by atoms with E-state index in [1.54, 1.807) is 36.7 Å². The second-order valence-electron chi connectivity index (χ2n) is 6.48. The van der Waals surface area contributed by atoms with Gasteiger partial charge in [0.05, 0.1) is 11.8 Å². The van der Waals surface area contributed by atoms with Crippen LogP contribution in [0.15, 0.2) is 34.9 Å². The van der Waals surface area contributed by atoms with Crippen molar-refractivity contribution in [2.75, 3.05) is 12.1 Å². The topological polar surface area (TPSA) is 120 Å². The molecule has 0 radical (unpaired) electrons. The van der Waals surface area contributed by atoms with Crippen molar-refractivity contribution >= 4 is 40.0 Å². The predicted molar refractivity (Wildman–Crippen MR) is 115 cm³/mol. The van der Waals surface area contributed by atoms with Gasteiger partial charge in [0.2, 0.25) is 12.7 Å². The molecule has 1 aliphatic heterocycles. The number of carbonyl (C=O) groups is 2. The zero-order valence-electron chi connectivity index (χ0n) is 16.8. The molecule has 1 aromatic carbocycles. The van der Waals surface area contributed by atoms with Gasteiger partial charge in [0, 0.05) is 23.7 Å². The maximum Gasteiger partial charge on any atom is 0.251 e. The molecule has 2 N–H and O–H groups in total. The van der Waals surface area contributed by atoms with Gasteiger partial charge in [0.25, 0.3) is 5.91 Å². The molecule has 1 atom stereocenters. The van der Waals surface area contributed by atoms with E-state index in [-0.39, 0.29) is 25.2 Å². The van der Waals surface area contributed by atoms with Crippen molar-refractivity contribution in [3.8, 4) is 11.5 Å². The fraction of sp³-hybridized carbons (Fsp3) is 0.316. The maximum atomic E-state index is 12.5. The molecule has 31 heavy (non-hydrogen) atoms. The van der Waals surface area contributed by atoms with Crippen molar-refractivity contribution in [2.45, 2.75) is 37.3 Å². The normalized spacial score (nSPS) is 13.1. The van der Waals surface area contributed by atoms with E-state index in [0.29, 0.717) is 39.7 Å². The number of hydrogen-bond acceptors (Lipinski definition) is 9. The molecule has 0 aliphatic carbocycles. The molecule has 12 heteroatoms. The van der Waals surface area contributed by atoms with E-state index in [4.69, 9.17) is 9.47 Å². The Labute approximate surface area is 186 Å². The van der Waals surface area contributed by atoms with E-state index in [0.717, 1.165) is 0 Å². The molecular weight excluding hydrogens is 440 g/mol. The molecule has 10 nitrogen and oxygen atoms in total. The largest absolute Gasteiger partial charge is 0.454 e. The molecule has 0 saturated heterocycles. The second-order valence-corrected chi connectivity index (χ2v) is 8.68. The summed E-state index contributed by atoms with van der Waals surface area (Å²) in [6.45, 7) is 4.71.